The second-order valence-electron chi connectivity index (χ2n) is 4.56. The lowest BCUT2D eigenvalue weighted by atomic mass is 10.1. The number of rotatable bonds is 2. The molecule has 3 aromatic rings. The normalized spacial score (nSPS) is 11.9. The summed E-state index contributed by atoms with van der Waals surface area (Å²) in [5.74, 6) is 0.0254. The maximum atomic E-state index is 12.0. The highest BCUT2D eigenvalue weighted by molar-refractivity contribution is 7.86. The van der Waals surface area contributed by atoms with Crippen LogP contribution in [0.5, 0.6) is 11.5 Å². The Morgan fingerprint density at radius 2 is 1.76 bits per heavy atom. The van der Waals surface area contributed by atoms with Crippen LogP contribution in [0.1, 0.15) is 0 Å². The zero-order valence-electron chi connectivity index (χ0n) is 10.9. The van der Waals surface area contributed by atoms with Crippen molar-refractivity contribution in [1.82, 2.24) is 0 Å². The van der Waals surface area contributed by atoms with Gasteiger partial charge in [-0.1, -0.05) is 0 Å². The van der Waals surface area contributed by atoms with Crippen molar-refractivity contribution < 1.29 is 22.1 Å². The fourth-order valence-corrected chi connectivity index (χ4v) is 2.58. The molecule has 0 aliphatic carbocycles. The summed E-state index contributed by atoms with van der Waals surface area (Å²) in [6.07, 6.45) is 0.919. The number of hydrogen-bond acceptors (Lipinski definition) is 6. The van der Waals surface area contributed by atoms with Gasteiger partial charge in [0.1, 0.15) is 17.1 Å². The molecule has 0 bridgehead atoms. The van der Waals surface area contributed by atoms with Gasteiger partial charge in [-0.15, -0.1) is 0 Å². The first-order chi connectivity index (χ1) is 9.83. The second kappa shape index (κ2) is 4.49. The first-order valence-corrected chi connectivity index (χ1v) is 7.74. The topological polar surface area (TPSA) is 93.8 Å². The van der Waals surface area contributed by atoms with Gasteiger partial charge in [0, 0.05) is 16.8 Å². The number of aromatic hydroxyl groups is 1. The van der Waals surface area contributed by atoms with E-state index >= 15 is 0 Å². The van der Waals surface area contributed by atoms with E-state index in [1.807, 2.05) is 0 Å². The van der Waals surface area contributed by atoms with Crippen LogP contribution in [0.25, 0.3) is 21.7 Å². The summed E-state index contributed by atoms with van der Waals surface area (Å²) in [6, 6.07) is 8.78. The van der Waals surface area contributed by atoms with E-state index in [-0.39, 0.29) is 22.5 Å². The summed E-state index contributed by atoms with van der Waals surface area (Å²) >= 11 is 0. The van der Waals surface area contributed by atoms with Crippen molar-refractivity contribution in [2.75, 3.05) is 6.26 Å². The lowest BCUT2D eigenvalue weighted by molar-refractivity contribution is 0.473. The van der Waals surface area contributed by atoms with Crippen LogP contribution in [0.2, 0.25) is 0 Å². The van der Waals surface area contributed by atoms with Gasteiger partial charge in [0.25, 0.3) is 0 Å². The Morgan fingerprint density at radius 3 is 2.48 bits per heavy atom. The Balaban J connectivity index is 2.32. The predicted octanol–water partition coefficient (Wildman–Crippen LogP) is 1.99. The first kappa shape index (κ1) is 13.4. The predicted molar refractivity (Wildman–Crippen MR) is 77.1 cm³/mol. The molecule has 3 rings (SSSR count). The van der Waals surface area contributed by atoms with Crippen LogP contribution in [-0.2, 0) is 10.1 Å². The van der Waals surface area contributed by atoms with Gasteiger partial charge in [0.2, 0.25) is 0 Å². The third-order valence-electron chi connectivity index (χ3n) is 2.92. The van der Waals surface area contributed by atoms with Crippen LogP contribution >= 0.6 is 0 Å². The quantitative estimate of drug-likeness (QED) is 0.442. The smallest absolute Gasteiger partial charge is 0.344 e. The molecule has 0 saturated carbocycles. The Kier molecular flexibility index (Phi) is 2.87. The van der Waals surface area contributed by atoms with Gasteiger partial charge in [0.15, 0.2) is 0 Å². The van der Waals surface area contributed by atoms with Crippen LogP contribution < -0.4 is 9.81 Å². The highest BCUT2D eigenvalue weighted by Crippen LogP contribution is 2.28. The van der Waals surface area contributed by atoms with E-state index in [1.54, 1.807) is 12.1 Å². The van der Waals surface area contributed by atoms with Gasteiger partial charge >= 0.3 is 15.7 Å². The molecule has 0 aliphatic rings. The van der Waals surface area contributed by atoms with Gasteiger partial charge in [-0.3, -0.25) is 0 Å². The van der Waals surface area contributed by atoms with E-state index in [0.29, 0.717) is 10.8 Å². The van der Waals surface area contributed by atoms with Crippen molar-refractivity contribution in [3.8, 4) is 11.5 Å². The van der Waals surface area contributed by atoms with Crippen molar-refractivity contribution in [1.29, 1.82) is 0 Å². The molecule has 7 heteroatoms. The molecule has 0 fully saturated rings. The van der Waals surface area contributed by atoms with Gasteiger partial charge in [-0.25, -0.2) is 4.79 Å². The first-order valence-electron chi connectivity index (χ1n) is 5.92. The van der Waals surface area contributed by atoms with E-state index in [9.17, 15) is 18.3 Å². The molecule has 0 unspecified atom stereocenters. The van der Waals surface area contributed by atoms with Crippen LogP contribution in [0.3, 0.4) is 0 Å². The number of phenols is 1. The fraction of sp³-hybridized carbons (Fsp3) is 0.0714. The molecule has 0 radical (unpaired) electrons. The number of phenolic OH excluding ortho intramolecular Hbond substituents is 1. The van der Waals surface area contributed by atoms with Gasteiger partial charge in [-0.2, -0.15) is 8.42 Å². The summed E-state index contributed by atoms with van der Waals surface area (Å²) in [7, 11) is -3.67. The Labute approximate surface area is 119 Å². The standard InChI is InChI=1S/C14H10O6S/c1-21(17,18)20-9-3-5-10-11-4-2-8(15)6-13(11)19-14(16)12(10)7-9/h2-7,15H,1H3. The van der Waals surface area contributed by atoms with Crippen molar-refractivity contribution in [2.45, 2.75) is 0 Å². The van der Waals surface area contributed by atoms with Crippen molar-refractivity contribution in [3.05, 3.63) is 46.8 Å². The lowest BCUT2D eigenvalue weighted by Gasteiger charge is -2.06. The fourth-order valence-electron chi connectivity index (χ4n) is 2.13. The molecule has 0 saturated heterocycles. The third kappa shape index (κ3) is 2.55. The molecule has 1 heterocycles. The zero-order chi connectivity index (χ0) is 15.2. The average molecular weight is 306 g/mol. The van der Waals surface area contributed by atoms with E-state index in [1.165, 1.54) is 24.3 Å². The highest BCUT2D eigenvalue weighted by atomic mass is 32.2. The summed E-state index contributed by atoms with van der Waals surface area (Å²) in [6.45, 7) is 0. The molecular formula is C14H10O6S. The summed E-state index contributed by atoms with van der Waals surface area (Å²) in [4.78, 5) is 12.0. The molecular weight excluding hydrogens is 296 g/mol. The molecule has 1 aromatic heterocycles. The van der Waals surface area contributed by atoms with Crippen molar-refractivity contribution in [2.24, 2.45) is 0 Å². The van der Waals surface area contributed by atoms with Crippen molar-refractivity contribution >= 4 is 31.9 Å². The Hall–Kier alpha value is -2.54. The summed E-state index contributed by atoms with van der Waals surface area (Å²) in [5.41, 5.74) is -0.383. The van der Waals surface area contributed by atoms with Crippen LogP contribution in [0.4, 0.5) is 0 Å². The number of benzene rings is 2. The largest absolute Gasteiger partial charge is 0.508 e. The molecule has 6 nitrogen and oxygen atoms in total. The minimum atomic E-state index is -3.67. The van der Waals surface area contributed by atoms with E-state index in [0.717, 1.165) is 6.26 Å². The number of hydrogen-bond donors (Lipinski definition) is 1. The molecule has 0 amide bonds. The monoisotopic (exact) mass is 306 g/mol. The second-order valence-corrected chi connectivity index (χ2v) is 6.14. The van der Waals surface area contributed by atoms with Crippen molar-refractivity contribution in [3.63, 3.8) is 0 Å². The summed E-state index contributed by atoms with van der Waals surface area (Å²) in [5, 5.41) is 10.8. The van der Waals surface area contributed by atoms with E-state index in [2.05, 4.69) is 0 Å². The van der Waals surface area contributed by atoms with Crippen LogP contribution in [0.15, 0.2) is 45.6 Å². The van der Waals surface area contributed by atoms with E-state index < -0.39 is 15.7 Å². The molecule has 0 aliphatic heterocycles. The molecule has 21 heavy (non-hydrogen) atoms. The molecule has 1 N–H and O–H groups in total. The minimum absolute atomic E-state index is 0.0120. The van der Waals surface area contributed by atoms with Gasteiger partial charge in [-0.05, 0) is 30.3 Å². The highest BCUT2D eigenvalue weighted by Gasteiger charge is 2.11. The molecule has 0 spiro atoms. The summed E-state index contributed by atoms with van der Waals surface area (Å²) < 4.78 is 32.1. The van der Waals surface area contributed by atoms with E-state index in [4.69, 9.17) is 8.60 Å². The SMILES string of the molecule is CS(=O)(=O)Oc1ccc2c(c1)c(=O)oc1cc(O)ccc12. The Morgan fingerprint density at radius 1 is 1.05 bits per heavy atom. The third-order valence-corrected chi connectivity index (χ3v) is 3.41. The minimum Gasteiger partial charge on any atom is -0.508 e. The molecule has 108 valence electrons. The number of fused-ring (bicyclic) bond motifs is 3. The maximum absolute atomic E-state index is 12.0. The maximum Gasteiger partial charge on any atom is 0.344 e. The average Bonchev–Trinajstić information content (AvgIpc) is 2.37. The van der Waals surface area contributed by atoms with Gasteiger partial charge in [0.05, 0.1) is 11.6 Å². The molecule has 0 atom stereocenters. The zero-order valence-corrected chi connectivity index (χ0v) is 11.7. The lowest BCUT2D eigenvalue weighted by Crippen LogP contribution is -2.06. The Bertz CT molecular complexity index is 1020. The van der Waals surface area contributed by atoms with Crippen LogP contribution in [-0.4, -0.2) is 19.8 Å². The van der Waals surface area contributed by atoms with Gasteiger partial charge < -0.3 is 13.7 Å². The van der Waals surface area contributed by atoms with Crippen LogP contribution in [0, 0.1) is 0 Å². The molecule has 2 aromatic carbocycles.